The molecule has 0 aliphatic heterocycles. The van der Waals surface area contributed by atoms with Crippen LogP contribution in [0.1, 0.15) is 151 Å². The predicted molar refractivity (Wildman–Crippen MR) is 229 cm³/mol. The molecule has 5 atom stereocenters. The van der Waals surface area contributed by atoms with Gasteiger partial charge in [0.1, 0.15) is 0 Å². The van der Waals surface area contributed by atoms with Gasteiger partial charge in [-0.15, -0.1) is 0 Å². The Morgan fingerprint density at radius 3 is 1.80 bits per heavy atom. The van der Waals surface area contributed by atoms with E-state index in [4.69, 9.17) is 22.9 Å². The second-order valence-corrected chi connectivity index (χ2v) is 18.6. The van der Waals surface area contributed by atoms with Crippen molar-refractivity contribution in [1.82, 2.24) is 15.6 Å². The van der Waals surface area contributed by atoms with Crippen LogP contribution in [0.5, 0.6) is 0 Å². The van der Waals surface area contributed by atoms with Crippen molar-refractivity contribution in [2.75, 3.05) is 19.6 Å². The number of carbonyl (C=O) groups is 2. The van der Waals surface area contributed by atoms with Gasteiger partial charge < -0.3 is 38.6 Å². The van der Waals surface area contributed by atoms with E-state index in [-0.39, 0.29) is 40.0 Å². The zero-order valence-electron chi connectivity index (χ0n) is 36.1. The molecule has 54 heavy (non-hydrogen) atoms. The van der Waals surface area contributed by atoms with Crippen LogP contribution >= 0.6 is 0 Å². The van der Waals surface area contributed by atoms with Gasteiger partial charge in [0.2, 0.25) is 11.8 Å². The van der Waals surface area contributed by atoms with Gasteiger partial charge in [0, 0.05) is 59.5 Å². The molecule has 0 spiro atoms. The quantitative estimate of drug-likeness (QED) is 0.0475. The molecule has 2 amide bonds. The maximum absolute atomic E-state index is 13.8. The largest absolute Gasteiger partial charge is 0.387 e. The first-order valence-corrected chi connectivity index (χ1v) is 20.3. The SMILES string of the molecule is CCC(C)C(N)=NCCCC(N)C(=O)NC(CNC(CCCN=C(N)C(C)CC)C(N)=O)Cc1c(C(C)(C)C)[nH]c2c(C(C)(C)C)cc(C(C)(C)C)cc12. The van der Waals surface area contributed by atoms with E-state index in [0.717, 1.165) is 35.0 Å². The normalized spacial score (nSPS) is 16.3. The minimum atomic E-state index is -0.724. The maximum atomic E-state index is 13.8. The first kappa shape index (κ1) is 46.7. The second kappa shape index (κ2) is 19.9. The van der Waals surface area contributed by atoms with Crippen LogP contribution in [0.4, 0.5) is 0 Å². The number of carbonyl (C=O) groups excluding carboxylic acids is 2. The summed E-state index contributed by atoms with van der Waals surface area (Å²) in [5.74, 6) is 1.01. The Bertz CT molecular complexity index is 1590. The van der Waals surface area contributed by atoms with Gasteiger partial charge in [-0.2, -0.15) is 0 Å². The summed E-state index contributed by atoms with van der Waals surface area (Å²) in [5, 5.41) is 7.83. The summed E-state index contributed by atoms with van der Waals surface area (Å²) in [7, 11) is 0. The summed E-state index contributed by atoms with van der Waals surface area (Å²) < 4.78 is 0. The summed E-state index contributed by atoms with van der Waals surface area (Å²) in [5.41, 5.74) is 30.2. The molecule has 306 valence electrons. The highest BCUT2D eigenvalue weighted by atomic mass is 16.2. The minimum absolute atomic E-state index is 0.0755. The Hall–Kier alpha value is -3.44. The zero-order valence-corrected chi connectivity index (χ0v) is 36.1. The van der Waals surface area contributed by atoms with Crippen molar-refractivity contribution in [2.24, 2.45) is 44.8 Å². The highest BCUT2D eigenvalue weighted by Crippen LogP contribution is 2.40. The topological polar surface area (TPSA) is 203 Å². The average molecular weight is 752 g/mol. The van der Waals surface area contributed by atoms with Crippen LogP contribution in [-0.2, 0) is 32.3 Å². The molecule has 11 N–H and O–H groups in total. The number of hydrogen-bond donors (Lipinski definition) is 7. The first-order valence-electron chi connectivity index (χ1n) is 20.3. The molecule has 0 bridgehead atoms. The van der Waals surface area contributed by atoms with Crippen molar-refractivity contribution in [3.63, 3.8) is 0 Å². The Labute approximate surface area is 327 Å². The number of nitrogens with one attached hydrogen (secondary N) is 3. The van der Waals surface area contributed by atoms with E-state index in [0.29, 0.717) is 63.4 Å². The van der Waals surface area contributed by atoms with E-state index < -0.39 is 18.0 Å². The highest BCUT2D eigenvalue weighted by Gasteiger charge is 2.31. The Morgan fingerprint density at radius 1 is 0.796 bits per heavy atom. The zero-order chi connectivity index (χ0) is 41.2. The van der Waals surface area contributed by atoms with Crippen molar-refractivity contribution in [3.05, 3.63) is 34.5 Å². The molecule has 1 heterocycles. The molecular formula is C43H77N9O2. The summed E-state index contributed by atoms with van der Waals surface area (Å²) >= 11 is 0. The molecule has 0 saturated carbocycles. The Kier molecular flexibility index (Phi) is 17.2. The lowest BCUT2D eigenvalue weighted by Gasteiger charge is -2.27. The van der Waals surface area contributed by atoms with E-state index in [9.17, 15) is 9.59 Å². The monoisotopic (exact) mass is 752 g/mol. The second-order valence-electron chi connectivity index (χ2n) is 18.6. The van der Waals surface area contributed by atoms with E-state index in [1.54, 1.807) is 0 Å². The predicted octanol–water partition coefficient (Wildman–Crippen LogP) is 6.23. The molecule has 5 unspecified atom stereocenters. The number of aromatic nitrogens is 1. The smallest absolute Gasteiger partial charge is 0.237 e. The van der Waals surface area contributed by atoms with Gasteiger partial charge >= 0.3 is 0 Å². The molecule has 11 nitrogen and oxygen atoms in total. The van der Waals surface area contributed by atoms with Crippen LogP contribution < -0.4 is 33.6 Å². The molecule has 2 aromatic rings. The lowest BCUT2D eigenvalue weighted by atomic mass is 9.78. The fourth-order valence-corrected chi connectivity index (χ4v) is 6.47. The molecule has 1 aromatic heterocycles. The molecule has 0 radical (unpaired) electrons. The lowest BCUT2D eigenvalue weighted by molar-refractivity contribution is -0.123. The first-order chi connectivity index (χ1) is 24.9. The Morgan fingerprint density at radius 2 is 1.33 bits per heavy atom. The summed E-state index contributed by atoms with van der Waals surface area (Å²) in [6.07, 6.45) is 4.62. The number of nitrogens with zero attached hydrogens (tertiary/aromatic N) is 2. The van der Waals surface area contributed by atoms with E-state index in [1.807, 2.05) is 0 Å². The van der Waals surface area contributed by atoms with Crippen LogP contribution in [0.2, 0.25) is 0 Å². The number of hydrogen-bond acceptors (Lipinski definition) is 6. The molecule has 2 rings (SSSR count). The number of amides is 2. The average Bonchev–Trinajstić information content (AvgIpc) is 3.45. The number of H-pyrrole nitrogens is 1. The minimum Gasteiger partial charge on any atom is -0.387 e. The third kappa shape index (κ3) is 13.7. The summed E-state index contributed by atoms with van der Waals surface area (Å²) in [6.45, 7) is 29.7. The van der Waals surface area contributed by atoms with Gasteiger partial charge in [-0.1, -0.05) is 96.1 Å². The van der Waals surface area contributed by atoms with Gasteiger partial charge in [-0.3, -0.25) is 19.6 Å². The number of primary amides is 1. The molecule has 11 heteroatoms. The molecule has 0 aliphatic carbocycles. The van der Waals surface area contributed by atoms with Gasteiger partial charge in [-0.05, 0) is 78.5 Å². The fourth-order valence-electron chi connectivity index (χ4n) is 6.47. The third-order valence-corrected chi connectivity index (χ3v) is 10.7. The number of amidine groups is 2. The van der Waals surface area contributed by atoms with Crippen LogP contribution in [0.25, 0.3) is 10.9 Å². The fraction of sp³-hybridized carbons (Fsp3) is 0.721. The van der Waals surface area contributed by atoms with Crippen molar-refractivity contribution in [1.29, 1.82) is 0 Å². The van der Waals surface area contributed by atoms with Crippen molar-refractivity contribution < 1.29 is 9.59 Å². The maximum Gasteiger partial charge on any atom is 0.237 e. The van der Waals surface area contributed by atoms with Crippen LogP contribution in [0.15, 0.2) is 22.1 Å². The number of aliphatic imine (C=N–C) groups is 2. The number of aromatic amines is 1. The van der Waals surface area contributed by atoms with E-state index in [2.05, 4.69) is 128 Å². The highest BCUT2D eigenvalue weighted by molar-refractivity contribution is 5.90. The summed E-state index contributed by atoms with van der Waals surface area (Å²) in [6, 6.07) is 2.94. The van der Waals surface area contributed by atoms with Gasteiger partial charge in [-0.25, -0.2) is 0 Å². The molecule has 0 fully saturated rings. The molecule has 0 aliphatic rings. The van der Waals surface area contributed by atoms with Crippen LogP contribution in [-0.4, -0.2) is 66.2 Å². The van der Waals surface area contributed by atoms with Crippen LogP contribution in [0.3, 0.4) is 0 Å². The van der Waals surface area contributed by atoms with Crippen molar-refractivity contribution in [3.8, 4) is 0 Å². The van der Waals surface area contributed by atoms with E-state index >= 15 is 0 Å². The third-order valence-electron chi connectivity index (χ3n) is 10.7. The van der Waals surface area contributed by atoms with Gasteiger partial charge in [0.25, 0.3) is 0 Å². The van der Waals surface area contributed by atoms with Crippen molar-refractivity contribution in [2.45, 2.75) is 169 Å². The number of benzene rings is 1. The van der Waals surface area contributed by atoms with Gasteiger partial charge in [0.15, 0.2) is 0 Å². The Balaban J connectivity index is 2.53. The molecule has 1 aromatic carbocycles. The van der Waals surface area contributed by atoms with Crippen LogP contribution in [0, 0.1) is 11.8 Å². The van der Waals surface area contributed by atoms with Crippen molar-refractivity contribution >= 4 is 34.4 Å². The lowest BCUT2D eigenvalue weighted by Crippen LogP contribution is -2.52. The summed E-state index contributed by atoms with van der Waals surface area (Å²) in [4.78, 5) is 39.3. The standard InChI is InChI=1S/C43H77N9O2/c1-14-26(3)37(45)48-20-16-18-33(44)40(54)51-29(25-50-34(39(47)53)19-17-21-49-38(46)27(4)15-2)24-31-30-22-28(41(5,6)7)23-32(42(8,9)10)35(30)52-36(31)43(11,12)13/h22-23,26-27,29,33-34,50,52H,14-21,24-25,44H2,1-13H3,(H2,45,48)(H2,46,49)(H2,47,53)(H,51,54). The number of rotatable bonds is 20. The number of nitrogens with two attached hydrogens (primary N) is 4. The van der Waals surface area contributed by atoms with Gasteiger partial charge in [0.05, 0.1) is 23.8 Å². The van der Waals surface area contributed by atoms with E-state index in [1.165, 1.54) is 11.1 Å². The molecule has 0 saturated heterocycles. The molecular weight excluding hydrogens is 675 g/mol. The number of fused-ring (bicyclic) bond motifs is 1.